The van der Waals surface area contributed by atoms with E-state index in [0.717, 1.165) is 33.3 Å². The second-order valence-electron chi connectivity index (χ2n) is 6.73. The molecule has 5 rings (SSSR count). The molecule has 0 saturated carbocycles. The Labute approximate surface area is 165 Å². The third-order valence-corrected chi connectivity index (χ3v) is 5.79. The van der Waals surface area contributed by atoms with Crippen LogP contribution in [0.3, 0.4) is 0 Å². The Kier molecular flexibility index (Phi) is 3.71. The van der Waals surface area contributed by atoms with Crippen LogP contribution in [0.4, 0.5) is 0 Å². The molecule has 0 bridgehead atoms. The fourth-order valence-corrected chi connectivity index (χ4v) is 4.46. The van der Waals surface area contributed by atoms with E-state index in [4.69, 9.17) is 15.6 Å². The van der Waals surface area contributed by atoms with E-state index in [2.05, 4.69) is 30.3 Å². The summed E-state index contributed by atoms with van der Waals surface area (Å²) in [6, 6.07) is 18.6. The lowest BCUT2D eigenvalue weighted by Gasteiger charge is -2.24. The first kappa shape index (κ1) is 16.6. The molecule has 1 aliphatic heterocycles. The molecule has 0 radical (unpaired) electrons. The van der Waals surface area contributed by atoms with Gasteiger partial charge < -0.3 is 10.5 Å². The predicted octanol–water partition coefficient (Wildman–Crippen LogP) is 4.61. The lowest BCUT2D eigenvalue weighted by atomic mass is 9.85. The minimum Gasteiger partial charge on any atom is -0.422 e. The Hall–Kier alpha value is -3.56. The topological polar surface area (TPSA) is 76.9 Å². The van der Waals surface area contributed by atoms with Crippen molar-refractivity contribution in [3.63, 3.8) is 0 Å². The van der Waals surface area contributed by atoms with E-state index in [-0.39, 0.29) is 11.8 Å². The fraction of sp³-hybridized carbons (Fsp3) is 0.0909. The summed E-state index contributed by atoms with van der Waals surface area (Å²) >= 11 is 1.59. The van der Waals surface area contributed by atoms with Crippen molar-refractivity contribution in [1.82, 2.24) is 9.78 Å². The molecule has 0 aliphatic carbocycles. The van der Waals surface area contributed by atoms with Crippen molar-refractivity contribution in [2.24, 2.45) is 5.73 Å². The molecule has 4 aromatic rings. The van der Waals surface area contributed by atoms with Crippen molar-refractivity contribution in [3.8, 4) is 17.6 Å². The van der Waals surface area contributed by atoms with Crippen LogP contribution >= 0.6 is 11.3 Å². The van der Waals surface area contributed by atoms with Crippen LogP contribution in [0.1, 0.15) is 22.7 Å². The molecule has 1 atom stereocenters. The summed E-state index contributed by atoms with van der Waals surface area (Å²) in [5.74, 6) is 0.433. The van der Waals surface area contributed by atoms with Gasteiger partial charge in [-0.1, -0.05) is 30.3 Å². The SMILES string of the molecule is Cc1nn(-c2ccc3ccccc3c2)c2c1C(c1ccsc1)C(C#N)=C(N)O2. The van der Waals surface area contributed by atoms with Gasteiger partial charge in [-0.3, -0.25) is 0 Å². The summed E-state index contributed by atoms with van der Waals surface area (Å²) in [5, 5.41) is 20.7. The standard InChI is InChI=1S/C22H16N4OS/c1-13-19-20(16-8-9-28-12-16)18(11-23)21(24)27-22(19)26(25-13)17-7-6-14-4-2-3-5-15(14)10-17/h2-10,12,20H,24H2,1H3. The Bertz CT molecular complexity index is 1280. The third-order valence-electron chi connectivity index (χ3n) is 5.09. The molecule has 2 aromatic heterocycles. The molecular formula is C22H16N4OS. The number of nitrogens with zero attached hydrogens (tertiary/aromatic N) is 3. The Balaban J connectivity index is 1.73. The first-order chi connectivity index (χ1) is 13.7. The molecule has 0 fully saturated rings. The van der Waals surface area contributed by atoms with E-state index < -0.39 is 0 Å². The summed E-state index contributed by atoms with van der Waals surface area (Å²) in [6.45, 7) is 1.94. The van der Waals surface area contributed by atoms with Crippen LogP contribution in [-0.2, 0) is 0 Å². The highest BCUT2D eigenvalue weighted by atomic mass is 32.1. The second-order valence-corrected chi connectivity index (χ2v) is 7.51. The maximum absolute atomic E-state index is 9.70. The summed E-state index contributed by atoms with van der Waals surface area (Å²) in [6.07, 6.45) is 0. The van der Waals surface area contributed by atoms with Crippen molar-refractivity contribution >= 4 is 22.1 Å². The quantitative estimate of drug-likeness (QED) is 0.547. The van der Waals surface area contributed by atoms with Crippen LogP contribution in [0.15, 0.2) is 70.7 Å². The number of rotatable bonds is 2. The molecule has 1 aliphatic rings. The minimum atomic E-state index is -0.269. The average Bonchev–Trinajstić information content (AvgIpc) is 3.35. The minimum absolute atomic E-state index is 0.133. The molecule has 1 unspecified atom stereocenters. The number of ether oxygens (including phenoxy) is 1. The normalized spacial score (nSPS) is 15.9. The van der Waals surface area contributed by atoms with Gasteiger partial charge in [-0.25, -0.2) is 4.68 Å². The van der Waals surface area contributed by atoms with Crippen molar-refractivity contribution < 1.29 is 4.74 Å². The monoisotopic (exact) mass is 384 g/mol. The first-order valence-corrected chi connectivity index (χ1v) is 9.80. The number of hydrogen-bond acceptors (Lipinski definition) is 5. The van der Waals surface area contributed by atoms with E-state index in [9.17, 15) is 5.26 Å². The van der Waals surface area contributed by atoms with Crippen LogP contribution in [0, 0.1) is 18.3 Å². The largest absolute Gasteiger partial charge is 0.422 e. The van der Waals surface area contributed by atoms with Crippen LogP contribution in [0.5, 0.6) is 5.88 Å². The van der Waals surface area contributed by atoms with E-state index in [0.29, 0.717) is 11.5 Å². The number of allylic oxidation sites excluding steroid dienone is 1. The third kappa shape index (κ3) is 2.41. The first-order valence-electron chi connectivity index (χ1n) is 8.85. The average molecular weight is 384 g/mol. The highest BCUT2D eigenvalue weighted by molar-refractivity contribution is 7.08. The zero-order valence-electron chi connectivity index (χ0n) is 15.1. The van der Waals surface area contributed by atoms with Crippen molar-refractivity contribution in [2.75, 3.05) is 0 Å². The van der Waals surface area contributed by atoms with Crippen LogP contribution in [-0.4, -0.2) is 9.78 Å². The van der Waals surface area contributed by atoms with Crippen molar-refractivity contribution in [3.05, 3.63) is 87.6 Å². The summed E-state index contributed by atoms with van der Waals surface area (Å²) in [7, 11) is 0. The number of nitriles is 1. The van der Waals surface area contributed by atoms with Gasteiger partial charge in [-0.2, -0.15) is 21.7 Å². The second kappa shape index (κ2) is 6.25. The number of benzene rings is 2. The molecule has 2 aromatic carbocycles. The number of thiophene rings is 1. The van der Waals surface area contributed by atoms with Gasteiger partial charge >= 0.3 is 0 Å². The Morgan fingerprint density at radius 2 is 2.00 bits per heavy atom. The van der Waals surface area contributed by atoms with E-state index in [1.165, 1.54) is 0 Å². The maximum Gasteiger partial charge on any atom is 0.229 e. The van der Waals surface area contributed by atoms with Crippen LogP contribution in [0.25, 0.3) is 16.5 Å². The molecule has 0 amide bonds. The number of hydrogen-bond donors (Lipinski definition) is 1. The molecule has 6 heteroatoms. The zero-order chi connectivity index (χ0) is 19.3. The van der Waals surface area contributed by atoms with Gasteiger partial charge in [0.15, 0.2) is 0 Å². The van der Waals surface area contributed by atoms with Gasteiger partial charge in [0.25, 0.3) is 0 Å². The predicted molar refractivity (Wildman–Crippen MR) is 109 cm³/mol. The summed E-state index contributed by atoms with van der Waals surface area (Å²) in [5.41, 5.74) is 10.2. The zero-order valence-corrected chi connectivity index (χ0v) is 15.9. The van der Waals surface area contributed by atoms with Crippen molar-refractivity contribution in [2.45, 2.75) is 12.8 Å². The van der Waals surface area contributed by atoms with Gasteiger partial charge in [0.2, 0.25) is 11.8 Å². The maximum atomic E-state index is 9.70. The van der Waals surface area contributed by atoms with Gasteiger partial charge in [-0.05, 0) is 52.2 Å². The van der Waals surface area contributed by atoms with Crippen LogP contribution < -0.4 is 10.5 Å². The number of nitrogens with two attached hydrogens (primary N) is 1. The van der Waals surface area contributed by atoms with E-state index in [1.807, 2.05) is 41.9 Å². The number of aryl methyl sites for hydroxylation is 1. The van der Waals surface area contributed by atoms with Crippen LogP contribution in [0.2, 0.25) is 0 Å². The van der Waals surface area contributed by atoms with Gasteiger partial charge in [-0.15, -0.1) is 0 Å². The molecule has 0 saturated heterocycles. The lowest BCUT2D eigenvalue weighted by Crippen LogP contribution is -2.21. The lowest BCUT2D eigenvalue weighted by molar-refractivity contribution is 0.367. The number of aromatic nitrogens is 2. The fourth-order valence-electron chi connectivity index (χ4n) is 3.77. The summed E-state index contributed by atoms with van der Waals surface area (Å²) in [4.78, 5) is 0. The molecule has 3 heterocycles. The molecule has 136 valence electrons. The van der Waals surface area contributed by atoms with E-state index in [1.54, 1.807) is 16.0 Å². The van der Waals surface area contributed by atoms with Gasteiger partial charge in [0.05, 0.1) is 22.9 Å². The van der Waals surface area contributed by atoms with Gasteiger partial charge in [0.1, 0.15) is 11.6 Å². The van der Waals surface area contributed by atoms with E-state index >= 15 is 0 Å². The smallest absolute Gasteiger partial charge is 0.229 e. The highest BCUT2D eigenvalue weighted by Crippen LogP contribution is 2.45. The molecule has 0 spiro atoms. The molecule has 5 nitrogen and oxygen atoms in total. The molecular weight excluding hydrogens is 368 g/mol. The molecule has 28 heavy (non-hydrogen) atoms. The molecule has 2 N–H and O–H groups in total. The number of fused-ring (bicyclic) bond motifs is 2. The van der Waals surface area contributed by atoms with Gasteiger partial charge in [0, 0.05) is 0 Å². The Morgan fingerprint density at radius 1 is 1.18 bits per heavy atom. The Morgan fingerprint density at radius 3 is 2.75 bits per heavy atom. The van der Waals surface area contributed by atoms with Crippen molar-refractivity contribution in [1.29, 1.82) is 5.26 Å². The summed E-state index contributed by atoms with van der Waals surface area (Å²) < 4.78 is 7.70. The highest BCUT2D eigenvalue weighted by Gasteiger charge is 2.36.